The number of nitrogens with one attached hydrogen (secondary N) is 1. The molecule has 2 heteroatoms. The van der Waals surface area contributed by atoms with Gasteiger partial charge in [-0.05, 0) is 45.2 Å². The summed E-state index contributed by atoms with van der Waals surface area (Å²) in [4.78, 5) is 2.71. The second-order valence-electron chi connectivity index (χ2n) is 7.15. The SMILES string of the molecule is CCNC1CCCCCC1CN(C)C1CCCCCC1. The fourth-order valence-corrected chi connectivity index (χ4v) is 4.35. The van der Waals surface area contributed by atoms with Gasteiger partial charge in [-0.1, -0.05) is 51.9 Å². The Morgan fingerprint density at radius 2 is 1.45 bits per heavy atom. The second-order valence-corrected chi connectivity index (χ2v) is 7.15. The van der Waals surface area contributed by atoms with Crippen LogP contribution in [0.25, 0.3) is 0 Å². The molecule has 2 rings (SSSR count). The van der Waals surface area contributed by atoms with Crippen molar-refractivity contribution in [2.75, 3.05) is 20.1 Å². The van der Waals surface area contributed by atoms with Crippen LogP contribution in [0.4, 0.5) is 0 Å². The second kappa shape index (κ2) is 9.04. The molecule has 0 amide bonds. The Morgan fingerprint density at radius 3 is 2.15 bits per heavy atom. The molecule has 0 aromatic carbocycles. The lowest BCUT2D eigenvalue weighted by atomic mass is 9.93. The molecule has 20 heavy (non-hydrogen) atoms. The molecule has 118 valence electrons. The van der Waals surface area contributed by atoms with Gasteiger partial charge in [-0.2, -0.15) is 0 Å². The molecule has 0 spiro atoms. The summed E-state index contributed by atoms with van der Waals surface area (Å²) in [7, 11) is 2.39. The largest absolute Gasteiger partial charge is 0.314 e. The molecule has 2 saturated carbocycles. The molecule has 2 aliphatic carbocycles. The van der Waals surface area contributed by atoms with E-state index >= 15 is 0 Å². The van der Waals surface area contributed by atoms with Gasteiger partial charge in [0.25, 0.3) is 0 Å². The molecule has 0 aromatic rings. The van der Waals surface area contributed by atoms with E-state index in [2.05, 4.69) is 24.2 Å². The molecule has 2 aliphatic rings. The Hall–Kier alpha value is -0.0800. The Bertz CT molecular complexity index is 246. The van der Waals surface area contributed by atoms with E-state index in [0.717, 1.165) is 24.5 Å². The topological polar surface area (TPSA) is 15.3 Å². The van der Waals surface area contributed by atoms with Crippen LogP contribution in [0.2, 0.25) is 0 Å². The molecule has 1 N–H and O–H groups in total. The van der Waals surface area contributed by atoms with Crippen molar-refractivity contribution in [1.82, 2.24) is 10.2 Å². The first-order valence-electron chi connectivity index (χ1n) is 9.25. The maximum Gasteiger partial charge on any atom is 0.0107 e. The van der Waals surface area contributed by atoms with Gasteiger partial charge in [-0.3, -0.25) is 0 Å². The van der Waals surface area contributed by atoms with Gasteiger partial charge < -0.3 is 10.2 Å². The predicted octanol–water partition coefficient (Wildman–Crippen LogP) is 4.20. The van der Waals surface area contributed by atoms with E-state index in [1.807, 2.05) is 0 Å². The van der Waals surface area contributed by atoms with Gasteiger partial charge in [-0.25, -0.2) is 0 Å². The Balaban J connectivity index is 1.87. The average Bonchev–Trinajstić information content (AvgIpc) is 2.83. The lowest BCUT2D eigenvalue weighted by molar-refractivity contribution is 0.164. The molecule has 0 bridgehead atoms. The minimum atomic E-state index is 0.774. The van der Waals surface area contributed by atoms with Gasteiger partial charge in [0.1, 0.15) is 0 Å². The summed E-state index contributed by atoms with van der Waals surface area (Å²) in [6, 6.07) is 1.64. The molecule has 2 atom stereocenters. The quantitative estimate of drug-likeness (QED) is 0.759. The zero-order valence-electron chi connectivity index (χ0n) is 13.9. The minimum absolute atomic E-state index is 0.774. The molecule has 0 aliphatic heterocycles. The highest BCUT2D eigenvalue weighted by atomic mass is 15.1. The highest BCUT2D eigenvalue weighted by Gasteiger charge is 2.26. The molecule has 0 radical (unpaired) electrons. The summed E-state index contributed by atoms with van der Waals surface area (Å²) in [5.41, 5.74) is 0. The van der Waals surface area contributed by atoms with E-state index in [-0.39, 0.29) is 0 Å². The lowest BCUT2D eigenvalue weighted by Gasteiger charge is -2.34. The van der Waals surface area contributed by atoms with Crippen molar-refractivity contribution < 1.29 is 0 Å². The van der Waals surface area contributed by atoms with Crippen LogP contribution in [0.15, 0.2) is 0 Å². The number of nitrogens with zero attached hydrogens (tertiary/aromatic N) is 1. The monoisotopic (exact) mass is 280 g/mol. The maximum atomic E-state index is 3.77. The smallest absolute Gasteiger partial charge is 0.0107 e. The number of hydrogen-bond acceptors (Lipinski definition) is 2. The molecule has 0 aromatic heterocycles. The third-order valence-electron chi connectivity index (χ3n) is 5.60. The predicted molar refractivity (Wildman–Crippen MR) is 88.2 cm³/mol. The highest BCUT2D eigenvalue weighted by molar-refractivity contribution is 4.83. The van der Waals surface area contributed by atoms with Gasteiger partial charge in [0.2, 0.25) is 0 Å². The van der Waals surface area contributed by atoms with Crippen molar-refractivity contribution in [3.05, 3.63) is 0 Å². The van der Waals surface area contributed by atoms with Crippen molar-refractivity contribution >= 4 is 0 Å². The summed E-state index contributed by atoms with van der Waals surface area (Å²) in [6.45, 7) is 4.72. The van der Waals surface area contributed by atoms with Crippen molar-refractivity contribution in [2.45, 2.75) is 89.6 Å². The Kier molecular flexibility index (Phi) is 7.37. The van der Waals surface area contributed by atoms with Crippen LogP contribution in [0, 0.1) is 5.92 Å². The minimum Gasteiger partial charge on any atom is -0.314 e. The zero-order chi connectivity index (χ0) is 14.2. The van der Waals surface area contributed by atoms with E-state index in [1.54, 1.807) is 0 Å². The molecule has 2 unspecified atom stereocenters. The van der Waals surface area contributed by atoms with Crippen LogP contribution in [0.5, 0.6) is 0 Å². The Morgan fingerprint density at radius 1 is 0.850 bits per heavy atom. The fourth-order valence-electron chi connectivity index (χ4n) is 4.35. The summed E-state index contributed by atoms with van der Waals surface area (Å²) in [5, 5.41) is 3.77. The van der Waals surface area contributed by atoms with Crippen LogP contribution < -0.4 is 5.32 Å². The van der Waals surface area contributed by atoms with E-state index in [1.165, 1.54) is 77.2 Å². The van der Waals surface area contributed by atoms with Crippen LogP contribution in [-0.4, -0.2) is 37.1 Å². The van der Waals surface area contributed by atoms with E-state index in [0.29, 0.717) is 0 Å². The average molecular weight is 281 g/mol. The summed E-state index contributed by atoms with van der Waals surface area (Å²) >= 11 is 0. The summed E-state index contributed by atoms with van der Waals surface area (Å²) < 4.78 is 0. The van der Waals surface area contributed by atoms with Gasteiger partial charge in [-0.15, -0.1) is 0 Å². The van der Waals surface area contributed by atoms with Crippen molar-refractivity contribution in [3.63, 3.8) is 0 Å². The van der Waals surface area contributed by atoms with Gasteiger partial charge in [0.15, 0.2) is 0 Å². The first-order valence-corrected chi connectivity index (χ1v) is 9.25. The summed E-state index contributed by atoms with van der Waals surface area (Å²) in [5.74, 6) is 0.880. The standard InChI is InChI=1S/C18H36N2/c1-3-19-18-14-10-6-7-11-16(18)15-20(2)17-12-8-4-5-9-13-17/h16-19H,3-15H2,1-2H3. The van der Waals surface area contributed by atoms with Gasteiger partial charge in [0, 0.05) is 18.6 Å². The third-order valence-corrected chi connectivity index (χ3v) is 5.60. The normalized spacial score (nSPS) is 30.1. The molecule has 2 fully saturated rings. The molecule has 2 nitrogen and oxygen atoms in total. The zero-order valence-corrected chi connectivity index (χ0v) is 13.9. The van der Waals surface area contributed by atoms with Gasteiger partial charge >= 0.3 is 0 Å². The molecular formula is C18H36N2. The summed E-state index contributed by atoms with van der Waals surface area (Å²) in [6.07, 6.45) is 15.9. The number of rotatable bonds is 5. The first-order chi connectivity index (χ1) is 9.81. The third kappa shape index (κ3) is 5.04. The molecule has 0 saturated heterocycles. The van der Waals surface area contributed by atoms with Crippen molar-refractivity contribution in [2.24, 2.45) is 5.92 Å². The Labute approximate surface area is 126 Å². The maximum absolute atomic E-state index is 3.77. The van der Waals surface area contributed by atoms with E-state index in [4.69, 9.17) is 0 Å². The van der Waals surface area contributed by atoms with E-state index in [9.17, 15) is 0 Å². The fraction of sp³-hybridized carbons (Fsp3) is 1.00. The van der Waals surface area contributed by atoms with Crippen LogP contribution in [0.3, 0.4) is 0 Å². The first kappa shape index (κ1) is 16.3. The van der Waals surface area contributed by atoms with Crippen LogP contribution in [-0.2, 0) is 0 Å². The van der Waals surface area contributed by atoms with Gasteiger partial charge in [0.05, 0.1) is 0 Å². The molecule has 0 heterocycles. The molecular weight excluding hydrogens is 244 g/mol. The van der Waals surface area contributed by atoms with Crippen molar-refractivity contribution in [1.29, 1.82) is 0 Å². The van der Waals surface area contributed by atoms with Crippen LogP contribution >= 0.6 is 0 Å². The van der Waals surface area contributed by atoms with E-state index < -0.39 is 0 Å². The van der Waals surface area contributed by atoms with Crippen molar-refractivity contribution in [3.8, 4) is 0 Å². The van der Waals surface area contributed by atoms with Crippen LogP contribution in [0.1, 0.15) is 77.6 Å². The lowest BCUT2D eigenvalue weighted by Crippen LogP contribution is -2.43. The number of hydrogen-bond donors (Lipinski definition) is 1. The highest BCUT2D eigenvalue weighted by Crippen LogP contribution is 2.27.